The molecule has 0 unspecified atom stereocenters. The van der Waals surface area contributed by atoms with Gasteiger partial charge in [0.2, 0.25) is 10.0 Å². The molecule has 9 heteroatoms. The van der Waals surface area contributed by atoms with E-state index in [-0.39, 0.29) is 21.4 Å². The first kappa shape index (κ1) is 16.9. The predicted molar refractivity (Wildman–Crippen MR) is 82.8 cm³/mol. The number of hydrogen-bond acceptors (Lipinski definition) is 5. The van der Waals surface area contributed by atoms with Gasteiger partial charge in [-0.1, -0.05) is 17.7 Å². The zero-order valence-corrected chi connectivity index (χ0v) is 13.9. The average Bonchev–Trinajstić information content (AvgIpc) is 2.45. The van der Waals surface area contributed by atoms with Gasteiger partial charge < -0.3 is 0 Å². The monoisotopic (exact) mass is 360 g/mol. The Balaban J connectivity index is 2.33. The second-order valence-corrected chi connectivity index (χ2v) is 8.71. The van der Waals surface area contributed by atoms with Crippen LogP contribution < -0.4 is 4.72 Å². The minimum atomic E-state index is -3.95. The van der Waals surface area contributed by atoms with E-state index in [0.29, 0.717) is 5.56 Å². The summed E-state index contributed by atoms with van der Waals surface area (Å²) >= 11 is 5.89. The van der Waals surface area contributed by atoms with Crippen molar-refractivity contribution in [2.45, 2.75) is 16.3 Å². The van der Waals surface area contributed by atoms with Crippen LogP contribution in [-0.4, -0.2) is 28.1 Å². The van der Waals surface area contributed by atoms with Crippen molar-refractivity contribution in [2.24, 2.45) is 0 Å². The van der Waals surface area contributed by atoms with Crippen LogP contribution in [0.4, 0.5) is 0 Å². The molecule has 2 rings (SSSR count). The third-order valence-electron chi connectivity index (χ3n) is 2.81. The van der Waals surface area contributed by atoms with Gasteiger partial charge in [-0.2, -0.15) is 0 Å². The summed E-state index contributed by atoms with van der Waals surface area (Å²) in [5, 5.41) is -0.0499. The predicted octanol–water partition coefficient (Wildman–Crippen LogP) is 1.62. The fourth-order valence-electron chi connectivity index (χ4n) is 1.68. The van der Waals surface area contributed by atoms with Gasteiger partial charge in [-0.15, -0.1) is 0 Å². The zero-order chi connectivity index (χ0) is 16.4. The van der Waals surface area contributed by atoms with Crippen LogP contribution in [0.5, 0.6) is 0 Å². The Morgan fingerprint density at radius 1 is 1.18 bits per heavy atom. The minimum absolute atomic E-state index is 0.0234. The molecule has 1 N–H and O–H groups in total. The molecule has 2 aromatic rings. The highest BCUT2D eigenvalue weighted by Crippen LogP contribution is 2.24. The van der Waals surface area contributed by atoms with Crippen LogP contribution in [0.1, 0.15) is 5.56 Å². The molecule has 0 radical (unpaired) electrons. The van der Waals surface area contributed by atoms with Crippen molar-refractivity contribution in [3.05, 3.63) is 53.3 Å². The number of nitrogens with zero attached hydrogens (tertiary/aromatic N) is 1. The van der Waals surface area contributed by atoms with E-state index in [4.69, 9.17) is 11.6 Å². The van der Waals surface area contributed by atoms with E-state index in [1.54, 1.807) is 18.3 Å². The number of rotatable bonds is 5. The molecule has 1 aromatic carbocycles. The van der Waals surface area contributed by atoms with Crippen molar-refractivity contribution in [2.75, 3.05) is 6.26 Å². The van der Waals surface area contributed by atoms with Crippen molar-refractivity contribution in [1.82, 2.24) is 9.71 Å². The van der Waals surface area contributed by atoms with Gasteiger partial charge in [0, 0.05) is 25.2 Å². The second kappa shape index (κ2) is 6.33. The summed E-state index contributed by atoms with van der Waals surface area (Å²) in [6, 6.07) is 6.95. The van der Waals surface area contributed by atoms with Crippen LogP contribution in [0.3, 0.4) is 0 Å². The first-order chi connectivity index (χ1) is 10.2. The molecule has 118 valence electrons. The molecule has 0 aliphatic carbocycles. The molecular weight excluding hydrogens is 348 g/mol. The Bertz CT molecular complexity index is 882. The van der Waals surface area contributed by atoms with E-state index in [9.17, 15) is 16.8 Å². The van der Waals surface area contributed by atoms with Crippen LogP contribution in [0.2, 0.25) is 5.02 Å². The molecule has 0 bridgehead atoms. The van der Waals surface area contributed by atoms with Gasteiger partial charge in [0.1, 0.15) is 4.90 Å². The fraction of sp³-hybridized carbons (Fsp3) is 0.154. The standard InChI is InChI=1S/C13H13ClN2O4S2/c1-21(17,18)11-4-5-12(14)13(7-11)22(19,20)16-9-10-3-2-6-15-8-10/h2-8,16H,9H2,1H3. The lowest BCUT2D eigenvalue weighted by Crippen LogP contribution is -2.24. The van der Waals surface area contributed by atoms with Crippen LogP contribution in [0, 0.1) is 0 Å². The van der Waals surface area contributed by atoms with E-state index in [1.165, 1.54) is 18.3 Å². The molecule has 6 nitrogen and oxygen atoms in total. The van der Waals surface area contributed by atoms with Crippen LogP contribution in [0.25, 0.3) is 0 Å². The number of aromatic nitrogens is 1. The number of sulfone groups is 1. The summed E-state index contributed by atoms with van der Waals surface area (Å²) in [6.07, 6.45) is 4.09. The molecule has 0 saturated carbocycles. The van der Waals surface area contributed by atoms with Gasteiger partial charge in [-0.25, -0.2) is 21.6 Å². The molecule has 0 aliphatic rings. The molecule has 0 atom stereocenters. The smallest absolute Gasteiger partial charge is 0.242 e. The highest BCUT2D eigenvalue weighted by molar-refractivity contribution is 7.91. The van der Waals surface area contributed by atoms with Gasteiger partial charge in [0.25, 0.3) is 0 Å². The highest BCUT2D eigenvalue weighted by Gasteiger charge is 2.20. The molecular formula is C13H13ClN2O4S2. The highest BCUT2D eigenvalue weighted by atomic mass is 35.5. The maximum absolute atomic E-state index is 12.3. The number of benzene rings is 1. The lowest BCUT2D eigenvalue weighted by atomic mass is 10.3. The van der Waals surface area contributed by atoms with E-state index < -0.39 is 19.9 Å². The second-order valence-electron chi connectivity index (χ2n) is 4.55. The van der Waals surface area contributed by atoms with Crippen molar-refractivity contribution < 1.29 is 16.8 Å². The summed E-state index contributed by atoms with van der Waals surface area (Å²) in [4.78, 5) is 3.49. The quantitative estimate of drug-likeness (QED) is 0.874. The topological polar surface area (TPSA) is 93.2 Å². The van der Waals surface area contributed by atoms with Crippen molar-refractivity contribution >= 4 is 31.5 Å². The molecule has 0 aliphatic heterocycles. The van der Waals surface area contributed by atoms with Crippen molar-refractivity contribution in [1.29, 1.82) is 0 Å². The van der Waals surface area contributed by atoms with Gasteiger partial charge in [0.15, 0.2) is 9.84 Å². The molecule has 0 saturated heterocycles. The Labute approximate surface area is 134 Å². The molecule has 0 fully saturated rings. The Morgan fingerprint density at radius 2 is 1.91 bits per heavy atom. The van der Waals surface area contributed by atoms with Crippen LogP contribution >= 0.6 is 11.6 Å². The molecule has 1 heterocycles. The van der Waals surface area contributed by atoms with Crippen molar-refractivity contribution in [3.63, 3.8) is 0 Å². The van der Waals surface area contributed by atoms with E-state index in [1.807, 2.05) is 0 Å². The largest absolute Gasteiger partial charge is 0.264 e. The summed E-state index contributed by atoms with van der Waals surface area (Å²) in [6.45, 7) is 0.0234. The Kier molecular flexibility index (Phi) is 4.86. The molecule has 22 heavy (non-hydrogen) atoms. The normalized spacial score (nSPS) is 12.3. The first-order valence-electron chi connectivity index (χ1n) is 6.08. The lowest BCUT2D eigenvalue weighted by molar-refractivity contribution is 0.581. The van der Waals surface area contributed by atoms with E-state index >= 15 is 0 Å². The number of pyridine rings is 1. The number of nitrogens with one attached hydrogen (secondary N) is 1. The number of halogens is 1. The fourth-order valence-corrected chi connectivity index (χ4v) is 3.94. The van der Waals surface area contributed by atoms with Gasteiger partial charge >= 0.3 is 0 Å². The molecule has 1 aromatic heterocycles. The molecule has 0 spiro atoms. The molecule has 0 amide bonds. The van der Waals surface area contributed by atoms with Gasteiger partial charge in [-0.05, 0) is 29.8 Å². The zero-order valence-electron chi connectivity index (χ0n) is 11.5. The van der Waals surface area contributed by atoms with E-state index in [2.05, 4.69) is 9.71 Å². The summed E-state index contributed by atoms with van der Waals surface area (Å²) in [7, 11) is -7.48. The van der Waals surface area contributed by atoms with Gasteiger partial charge in [-0.3, -0.25) is 4.98 Å². The van der Waals surface area contributed by atoms with E-state index in [0.717, 1.165) is 12.3 Å². The summed E-state index contributed by atoms with van der Waals surface area (Å²) < 4.78 is 50.0. The average molecular weight is 361 g/mol. The third kappa shape index (κ3) is 4.04. The number of sulfonamides is 1. The van der Waals surface area contributed by atoms with Crippen LogP contribution in [0.15, 0.2) is 52.5 Å². The lowest BCUT2D eigenvalue weighted by Gasteiger charge is -2.09. The Morgan fingerprint density at radius 3 is 2.50 bits per heavy atom. The Hall–Kier alpha value is -1.48. The SMILES string of the molecule is CS(=O)(=O)c1ccc(Cl)c(S(=O)(=O)NCc2cccnc2)c1. The maximum Gasteiger partial charge on any atom is 0.242 e. The summed E-state index contributed by atoms with van der Waals surface area (Å²) in [5.41, 5.74) is 0.668. The van der Waals surface area contributed by atoms with Crippen molar-refractivity contribution in [3.8, 4) is 0 Å². The maximum atomic E-state index is 12.3. The minimum Gasteiger partial charge on any atom is -0.264 e. The number of hydrogen-bond donors (Lipinski definition) is 1. The first-order valence-corrected chi connectivity index (χ1v) is 9.83. The third-order valence-corrected chi connectivity index (χ3v) is 5.80. The van der Waals surface area contributed by atoms with Gasteiger partial charge in [0.05, 0.1) is 9.92 Å². The summed E-state index contributed by atoms with van der Waals surface area (Å²) in [5.74, 6) is 0. The van der Waals surface area contributed by atoms with Crippen LogP contribution in [-0.2, 0) is 26.4 Å².